The number of rotatable bonds is 4. The summed E-state index contributed by atoms with van der Waals surface area (Å²) in [5.41, 5.74) is 0.673. The van der Waals surface area contributed by atoms with Crippen molar-refractivity contribution in [2.75, 3.05) is 6.61 Å². The Hall–Kier alpha value is -2.30. The highest BCUT2D eigenvalue weighted by molar-refractivity contribution is 5.87. The first-order valence-corrected chi connectivity index (χ1v) is 5.93. The lowest BCUT2D eigenvalue weighted by Gasteiger charge is -2.04. The molecular weight excluding hydrogens is 247 g/mol. The Kier molecular flexibility index (Phi) is 4.18. The number of nitrogens with zero attached hydrogens (tertiary/aromatic N) is 2. The van der Waals surface area contributed by atoms with Gasteiger partial charge in [0.25, 0.3) is 0 Å². The van der Waals surface area contributed by atoms with Crippen molar-refractivity contribution in [3.05, 3.63) is 59.4 Å². The summed E-state index contributed by atoms with van der Waals surface area (Å²) in [4.78, 5) is 19.6. The highest BCUT2D eigenvalue weighted by atomic mass is 19.1. The molecule has 1 aromatic carbocycles. The van der Waals surface area contributed by atoms with Gasteiger partial charge in [-0.25, -0.2) is 19.2 Å². The van der Waals surface area contributed by atoms with E-state index in [4.69, 9.17) is 4.74 Å². The van der Waals surface area contributed by atoms with Crippen LogP contribution in [-0.2, 0) is 11.2 Å². The predicted molar refractivity (Wildman–Crippen MR) is 67.2 cm³/mol. The van der Waals surface area contributed by atoms with Crippen molar-refractivity contribution in [3.8, 4) is 0 Å². The molecule has 2 aromatic rings. The largest absolute Gasteiger partial charge is 0.461 e. The number of benzene rings is 1. The molecule has 0 N–H and O–H groups in total. The Morgan fingerprint density at radius 2 is 2.11 bits per heavy atom. The Morgan fingerprint density at radius 1 is 1.32 bits per heavy atom. The molecule has 5 heteroatoms. The van der Waals surface area contributed by atoms with Crippen LogP contribution in [0.3, 0.4) is 0 Å². The second-order valence-corrected chi connectivity index (χ2v) is 3.85. The summed E-state index contributed by atoms with van der Waals surface area (Å²) in [7, 11) is 0. The van der Waals surface area contributed by atoms with E-state index in [-0.39, 0.29) is 24.5 Å². The predicted octanol–water partition coefficient (Wildman–Crippen LogP) is 2.38. The van der Waals surface area contributed by atoms with E-state index in [1.165, 1.54) is 18.3 Å². The molecule has 0 saturated carbocycles. The normalized spacial score (nSPS) is 10.2. The van der Waals surface area contributed by atoms with Crippen molar-refractivity contribution in [1.82, 2.24) is 9.97 Å². The van der Waals surface area contributed by atoms with Crippen LogP contribution in [0, 0.1) is 5.82 Å². The van der Waals surface area contributed by atoms with Crippen LogP contribution >= 0.6 is 0 Å². The number of hydrogen-bond acceptors (Lipinski definition) is 4. The van der Waals surface area contributed by atoms with Crippen LogP contribution < -0.4 is 0 Å². The van der Waals surface area contributed by atoms with Crippen LogP contribution in [0.1, 0.15) is 28.8 Å². The third-order valence-corrected chi connectivity index (χ3v) is 2.50. The Bertz CT molecular complexity index is 587. The third-order valence-electron chi connectivity index (χ3n) is 2.50. The molecule has 0 bridgehead atoms. The molecule has 0 aliphatic heterocycles. The lowest BCUT2D eigenvalue weighted by Crippen LogP contribution is -2.09. The van der Waals surface area contributed by atoms with Gasteiger partial charge >= 0.3 is 5.97 Å². The molecule has 4 nitrogen and oxygen atoms in total. The van der Waals surface area contributed by atoms with E-state index in [1.807, 2.05) is 0 Å². The fourth-order valence-corrected chi connectivity index (χ4v) is 1.62. The summed E-state index contributed by atoms with van der Waals surface area (Å²) in [6, 6.07) is 7.88. The Balaban J connectivity index is 2.20. The van der Waals surface area contributed by atoms with E-state index >= 15 is 0 Å². The van der Waals surface area contributed by atoms with Crippen molar-refractivity contribution < 1.29 is 13.9 Å². The molecule has 0 amide bonds. The number of esters is 1. The van der Waals surface area contributed by atoms with E-state index < -0.39 is 5.97 Å². The van der Waals surface area contributed by atoms with Crippen LogP contribution in [0.25, 0.3) is 0 Å². The number of halogens is 1. The highest BCUT2D eigenvalue weighted by Gasteiger charge is 2.10. The zero-order valence-electron chi connectivity index (χ0n) is 10.5. The molecule has 0 unspecified atom stereocenters. The van der Waals surface area contributed by atoms with Crippen molar-refractivity contribution in [1.29, 1.82) is 0 Å². The summed E-state index contributed by atoms with van der Waals surface area (Å²) >= 11 is 0. The molecule has 0 aliphatic carbocycles. The summed E-state index contributed by atoms with van der Waals surface area (Å²) < 4.78 is 18.4. The molecular formula is C14H13FN2O2. The lowest BCUT2D eigenvalue weighted by atomic mass is 10.1. The van der Waals surface area contributed by atoms with E-state index in [0.29, 0.717) is 11.4 Å². The first-order valence-electron chi connectivity index (χ1n) is 5.93. The molecule has 0 spiro atoms. The van der Waals surface area contributed by atoms with Gasteiger partial charge in [-0.1, -0.05) is 18.2 Å². The molecule has 0 fully saturated rings. The molecule has 0 atom stereocenters. The first-order chi connectivity index (χ1) is 9.20. The highest BCUT2D eigenvalue weighted by Crippen LogP contribution is 2.10. The fraction of sp³-hybridized carbons (Fsp3) is 0.214. The van der Waals surface area contributed by atoms with Gasteiger partial charge < -0.3 is 4.74 Å². The number of hydrogen-bond donors (Lipinski definition) is 0. The SMILES string of the molecule is CCOC(=O)c1ccnc(Cc2ccccc2F)n1. The smallest absolute Gasteiger partial charge is 0.357 e. The van der Waals surface area contributed by atoms with Crippen LogP contribution in [0.15, 0.2) is 36.5 Å². The minimum absolute atomic E-state index is 0.184. The first kappa shape index (κ1) is 13.1. The minimum Gasteiger partial charge on any atom is -0.461 e. The van der Waals surface area contributed by atoms with Gasteiger partial charge in [0, 0.05) is 12.6 Å². The zero-order chi connectivity index (χ0) is 13.7. The molecule has 0 saturated heterocycles. The lowest BCUT2D eigenvalue weighted by molar-refractivity contribution is 0.0519. The van der Waals surface area contributed by atoms with Crippen LogP contribution in [-0.4, -0.2) is 22.5 Å². The number of aromatic nitrogens is 2. The molecule has 1 aromatic heterocycles. The van der Waals surface area contributed by atoms with Crippen molar-refractivity contribution in [2.45, 2.75) is 13.3 Å². The number of carbonyl (C=O) groups excluding carboxylic acids is 1. The second-order valence-electron chi connectivity index (χ2n) is 3.85. The second kappa shape index (κ2) is 6.04. The molecule has 98 valence electrons. The van der Waals surface area contributed by atoms with E-state index in [9.17, 15) is 9.18 Å². The number of ether oxygens (including phenoxy) is 1. The fourth-order valence-electron chi connectivity index (χ4n) is 1.62. The van der Waals surface area contributed by atoms with E-state index in [1.54, 1.807) is 25.1 Å². The van der Waals surface area contributed by atoms with Gasteiger partial charge in [0.05, 0.1) is 6.61 Å². The zero-order valence-corrected chi connectivity index (χ0v) is 10.5. The maximum atomic E-state index is 13.5. The Labute approximate surface area is 110 Å². The summed E-state index contributed by atoms with van der Waals surface area (Å²) in [6.45, 7) is 2.00. The topological polar surface area (TPSA) is 52.1 Å². The molecule has 19 heavy (non-hydrogen) atoms. The summed E-state index contributed by atoms with van der Waals surface area (Å²) in [5, 5.41) is 0. The van der Waals surface area contributed by atoms with Crippen LogP contribution in [0.5, 0.6) is 0 Å². The maximum absolute atomic E-state index is 13.5. The van der Waals surface area contributed by atoms with Crippen LogP contribution in [0.2, 0.25) is 0 Å². The maximum Gasteiger partial charge on any atom is 0.357 e. The average molecular weight is 260 g/mol. The standard InChI is InChI=1S/C14H13FN2O2/c1-2-19-14(18)12-7-8-16-13(17-12)9-10-5-3-4-6-11(10)15/h3-8H,2,9H2,1H3. The molecule has 1 heterocycles. The van der Waals surface area contributed by atoms with Crippen LogP contribution in [0.4, 0.5) is 4.39 Å². The Morgan fingerprint density at radius 3 is 2.84 bits per heavy atom. The van der Waals surface area contributed by atoms with Gasteiger partial charge in [0.2, 0.25) is 0 Å². The average Bonchev–Trinajstić information content (AvgIpc) is 2.42. The number of carbonyl (C=O) groups is 1. The third kappa shape index (κ3) is 3.34. The monoisotopic (exact) mass is 260 g/mol. The molecule has 2 rings (SSSR count). The van der Waals surface area contributed by atoms with Gasteiger partial charge in [-0.15, -0.1) is 0 Å². The minimum atomic E-state index is -0.500. The van der Waals surface area contributed by atoms with Gasteiger partial charge in [0.1, 0.15) is 11.6 Å². The quantitative estimate of drug-likeness (QED) is 0.792. The van der Waals surface area contributed by atoms with Gasteiger partial charge in [-0.3, -0.25) is 0 Å². The van der Waals surface area contributed by atoms with Crippen molar-refractivity contribution in [3.63, 3.8) is 0 Å². The van der Waals surface area contributed by atoms with Gasteiger partial charge in [-0.05, 0) is 24.6 Å². The van der Waals surface area contributed by atoms with Crippen molar-refractivity contribution in [2.24, 2.45) is 0 Å². The van der Waals surface area contributed by atoms with Crippen molar-refractivity contribution >= 4 is 5.97 Å². The summed E-state index contributed by atoms with van der Waals surface area (Å²) in [6.07, 6.45) is 1.70. The molecule has 0 radical (unpaired) electrons. The van der Waals surface area contributed by atoms with Gasteiger partial charge in [-0.2, -0.15) is 0 Å². The van der Waals surface area contributed by atoms with Gasteiger partial charge in [0.15, 0.2) is 5.69 Å². The summed E-state index contributed by atoms with van der Waals surface area (Å²) in [5.74, 6) is -0.428. The molecule has 0 aliphatic rings. The van der Waals surface area contributed by atoms with E-state index in [0.717, 1.165) is 0 Å². The van der Waals surface area contributed by atoms with E-state index in [2.05, 4.69) is 9.97 Å².